The number of rotatable bonds is 4. The van der Waals surface area contributed by atoms with Gasteiger partial charge >= 0.3 is 0 Å². The summed E-state index contributed by atoms with van der Waals surface area (Å²) in [5.74, 6) is 0.780. The van der Waals surface area contributed by atoms with Gasteiger partial charge in [0.05, 0.1) is 17.0 Å². The molecule has 3 aromatic rings. The lowest BCUT2D eigenvalue weighted by molar-refractivity contribution is 0.102. The zero-order valence-corrected chi connectivity index (χ0v) is 19.3. The molecule has 0 saturated carbocycles. The molecule has 2 aromatic heterocycles. The van der Waals surface area contributed by atoms with Crippen LogP contribution in [0.5, 0.6) is 0 Å². The van der Waals surface area contributed by atoms with E-state index in [1.807, 2.05) is 55.5 Å². The summed E-state index contributed by atoms with van der Waals surface area (Å²) in [5.41, 5.74) is 3.94. The number of aryl methyl sites for hydroxylation is 1. The molecular formula is C23H24IN5O. The van der Waals surface area contributed by atoms with Gasteiger partial charge in [-0.3, -0.25) is 9.78 Å². The molecule has 0 bridgehead atoms. The maximum Gasteiger partial charge on any atom is 0.257 e. The van der Waals surface area contributed by atoms with Crippen LogP contribution in [-0.4, -0.2) is 54.0 Å². The Hall–Kier alpha value is -2.52. The minimum Gasteiger partial charge on any atom is -0.354 e. The predicted octanol–water partition coefficient (Wildman–Crippen LogP) is 4.06. The summed E-state index contributed by atoms with van der Waals surface area (Å²) in [4.78, 5) is 26.6. The van der Waals surface area contributed by atoms with Crippen LogP contribution in [0.1, 0.15) is 16.1 Å². The fraction of sp³-hybridized carbons (Fsp3) is 0.261. The molecule has 1 N–H and O–H groups in total. The second-order valence-corrected chi connectivity index (χ2v) is 8.62. The Bertz CT molecular complexity index is 1050. The van der Waals surface area contributed by atoms with Gasteiger partial charge in [0, 0.05) is 47.2 Å². The van der Waals surface area contributed by atoms with Gasteiger partial charge in [0.15, 0.2) is 0 Å². The van der Waals surface area contributed by atoms with Gasteiger partial charge in [-0.1, -0.05) is 6.07 Å². The maximum absolute atomic E-state index is 12.9. The summed E-state index contributed by atoms with van der Waals surface area (Å²) in [7, 11) is 2.13. The zero-order valence-electron chi connectivity index (χ0n) is 17.1. The average Bonchev–Trinajstić information content (AvgIpc) is 2.76. The molecule has 0 spiro atoms. The fourth-order valence-electron chi connectivity index (χ4n) is 3.52. The van der Waals surface area contributed by atoms with E-state index in [9.17, 15) is 4.79 Å². The number of likely N-dealkylation sites (N-methyl/N-ethyl adjacent to an activating group) is 1. The van der Waals surface area contributed by atoms with Crippen molar-refractivity contribution in [2.45, 2.75) is 6.92 Å². The van der Waals surface area contributed by atoms with Crippen LogP contribution in [0.25, 0.3) is 11.3 Å². The van der Waals surface area contributed by atoms with Gasteiger partial charge in [0.1, 0.15) is 5.82 Å². The first-order chi connectivity index (χ1) is 14.5. The van der Waals surface area contributed by atoms with Crippen LogP contribution in [0.4, 0.5) is 11.5 Å². The molecule has 154 valence electrons. The third-order valence-corrected chi connectivity index (χ3v) is 6.25. The zero-order chi connectivity index (χ0) is 21.1. The molecule has 0 unspecified atom stereocenters. The van der Waals surface area contributed by atoms with Crippen molar-refractivity contribution in [3.63, 3.8) is 0 Å². The first-order valence-corrected chi connectivity index (χ1v) is 11.0. The van der Waals surface area contributed by atoms with E-state index >= 15 is 0 Å². The summed E-state index contributed by atoms with van der Waals surface area (Å²) in [6.45, 7) is 5.84. The Balaban J connectivity index is 1.52. The van der Waals surface area contributed by atoms with Crippen LogP contribution in [0.3, 0.4) is 0 Å². The number of nitrogens with zero attached hydrogens (tertiary/aromatic N) is 4. The summed E-state index contributed by atoms with van der Waals surface area (Å²) >= 11 is 2.29. The number of hydrogen-bond acceptors (Lipinski definition) is 5. The number of amides is 1. The molecule has 30 heavy (non-hydrogen) atoms. The van der Waals surface area contributed by atoms with Crippen LogP contribution in [0.15, 0.2) is 54.7 Å². The normalized spacial score (nSPS) is 14.6. The quantitative estimate of drug-likeness (QED) is 0.534. The van der Waals surface area contributed by atoms with Crippen molar-refractivity contribution in [2.24, 2.45) is 0 Å². The number of hydrogen-bond donors (Lipinski definition) is 1. The van der Waals surface area contributed by atoms with E-state index in [4.69, 9.17) is 4.98 Å². The van der Waals surface area contributed by atoms with Crippen LogP contribution in [-0.2, 0) is 0 Å². The Morgan fingerprint density at radius 3 is 2.57 bits per heavy atom. The first-order valence-electron chi connectivity index (χ1n) is 9.95. The number of benzene rings is 1. The smallest absolute Gasteiger partial charge is 0.257 e. The number of carbonyl (C=O) groups is 1. The highest BCUT2D eigenvalue weighted by Crippen LogP contribution is 2.27. The lowest BCUT2D eigenvalue weighted by Gasteiger charge is -2.33. The van der Waals surface area contributed by atoms with E-state index in [1.165, 1.54) is 0 Å². The molecule has 4 rings (SSSR count). The maximum atomic E-state index is 12.9. The Morgan fingerprint density at radius 1 is 1.07 bits per heavy atom. The monoisotopic (exact) mass is 513 g/mol. The fourth-order valence-corrected chi connectivity index (χ4v) is 4.13. The first kappa shape index (κ1) is 20.7. The van der Waals surface area contributed by atoms with E-state index in [0.717, 1.165) is 58.2 Å². The van der Waals surface area contributed by atoms with E-state index < -0.39 is 0 Å². The van der Waals surface area contributed by atoms with Crippen molar-refractivity contribution in [1.82, 2.24) is 14.9 Å². The number of pyridine rings is 2. The van der Waals surface area contributed by atoms with Crippen molar-refractivity contribution in [2.75, 3.05) is 43.4 Å². The third kappa shape index (κ3) is 4.62. The van der Waals surface area contributed by atoms with Gasteiger partial charge in [-0.2, -0.15) is 0 Å². The van der Waals surface area contributed by atoms with Gasteiger partial charge in [-0.05, 0) is 79.0 Å². The van der Waals surface area contributed by atoms with Gasteiger partial charge in [-0.15, -0.1) is 0 Å². The van der Waals surface area contributed by atoms with Crippen molar-refractivity contribution in [1.29, 1.82) is 0 Å². The minimum absolute atomic E-state index is 0.155. The molecule has 1 aliphatic heterocycles. The van der Waals surface area contributed by atoms with Gasteiger partial charge in [0.25, 0.3) is 5.91 Å². The second-order valence-electron chi connectivity index (χ2n) is 7.46. The topological polar surface area (TPSA) is 61.4 Å². The lowest BCUT2D eigenvalue weighted by Crippen LogP contribution is -2.44. The summed E-state index contributed by atoms with van der Waals surface area (Å²) in [5, 5.41) is 3.01. The molecule has 1 saturated heterocycles. The second kappa shape index (κ2) is 9.09. The van der Waals surface area contributed by atoms with Crippen molar-refractivity contribution < 1.29 is 4.79 Å². The number of halogens is 1. The van der Waals surface area contributed by atoms with Crippen molar-refractivity contribution in [3.8, 4) is 11.3 Å². The van der Waals surface area contributed by atoms with Crippen LogP contribution in [0.2, 0.25) is 0 Å². The van der Waals surface area contributed by atoms with Gasteiger partial charge in [-0.25, -0.2) is 4.98 Å². The molecule has 7 heteroatoms. The van der Waals surface area contributed by atoms with Gasteiger partial charge in [0.2, 0.25) is 0 Å². The number of anilines is 2. The van der Waals surface area contributed by atoms with Crippen molar-refractivity contribution >= 4 is 40.0 Å². The molecule has 6 nitrogen and oxygen atoms in total. The molecule has 0 aliphatic carbocycles. The summed E-state index contributed by atoms with van der Waals surface area (Å²) < 4.78 is 1.08. The number of carbonyl (C=O) groups excluding carboxylic acids is 1. The molecule has 1 amide bonds. The van der Waals surface area contributed by atoms with Crippen LogP contribution in [0, 0.1) is 10.5 Å². The molecule has 0 radical (unpaired) electrons. The number of aromatic nitrogens is 2. The Labute approximate surface area is 190 Å². The average molecular weight is 513 g/mol. The molecule has 1 aromatic carbocycles. The summed E-state index contributed by atoms with van der Waals surface area (Å²) in [6.07, 6.45) is 1.77. The Kier molecular flexibility index (Phi) is 6.29. The summed E-state index contributed by atoms with van der Waals surface area (Å²) in [6, 6.07) is 15.5. The van der Waals surface area contributed by atoms with Crippen LogP contribution < -0.4 is 10.2 Å². The van der Waals surface area contributed by atoms with E-state index in [-0.39, 0.29) is 5.91 Å². The largest absolute Gasteiger partial charge is 0.354 e. The van der Waals surface area contributed by atoms with E-state index in [2.05, 4.69) is 49.7 Å². The van der Waals surface area contributed by atoms with Crippen LogP contribution >= 0.6 is 22.6 Å². The highest BCUT2D eigenvalue weighted by atomic mass is 127. The number of piperazine rings is 1. The Morgan fingerprint density at radius 2 is 1.87 bits per heavy atom. The van der Waals surface area contributed by atoms with Crippen molar-refractivity contribution in [3.05, 3.63) is 69.6 Å². The molecule has 0 atom stereocenters. The number of nitrogens with one attached hydrogen (secondary N) is 1. The predicted molar refractivity (Wildman–Crippen MR) is 129 cm³/mol. The highest BCUT2D eigenvalue weighted by molar-refractivity contribution is 14.1. The highest BCUT2D eigenvalue weighted by Gasteiger charge is 2.18. The molecule has 1 fully saturated rings. The lowest BCUT2D eigenvalue weighted by atomic mass is 10.1. The third-order valence-electron chi connectivity index (χ3n) is 5.31. The minimum atomic E-state index is -0.155. The molecule has 3 heterocycles. The van der Waals surface area contributed by atoms with E-state index in [1.54, 1.807) is 6.20 Å². The molecular weight excluding hydrogens is 489 g/mol. The molecule has 1 aliphatic rings. The standard InChI is InChI=1S/C23H24IN5O/c1-16-18(7-9-22(26-16)29-13-11-28(2)12-14-29)23(30)27-17-6-8-20(24)19(15-17)21-5-3-4-10-25-21/h3-10,15H,11-14H2,1-2H3,(H,27,30). The van der Waals surface area contributed by atoms with Gasteiger partial charge < -0.3 is 15.1 Å². The SMILES string of the molecule is Cc1nc(N2CCN(C)CC2)ccc1C(=O)Nc1ccc(I)c(-c2ccccn2)c1. The van der Waals surface area contributed by atoms with E-state index in [0.29, 0.717) is 5.56 Å².